The summed E-state index contributed by atoms with van der Waals surface area (Å²) in [4.78, 5) is 11.6. The number of nitrogens with one attached hydrogen (secondary N) is 2. The fourth-order valence-electron chi connectivity index (χ4n) is 1.64. The quantitative estimate of drug-likeness (QED) is 0.908. The highest BCUT2D eigenvalue weighted by atomic mass is 19.4. The van der Waals surface area contributed by atoms with Crippen LogP contribution in [0, 0.1) is 6.92 Å². The number of aryl methyl sites for hydroxylation is 1. The van der Waals surface area contributed by atoms with Gasteiger partial charge in [0.25, 0.3) is 0 Å². The van der Waals surface area contributed by atoms with Crippen LogP contribution in [0.1, 0.15) is 11.3 Å². The number of ether oxygens (including phenoxy) is 1. The molecule has 2 aromatic rings. The molecular weight excluding hydrogens is 303 g/mol. The molecule has 6 nitrogen and oxygen atoms in total. The predicted molar refractivity (Wildman–Crippen MR) is 70.2 cm³/mol. The summed E-state index contributed by atoms with van der Waals surface area (Å²) in [7, 11) is 0. The first-order valence-electron chi connectivity index (χ1n) is 6.15. The monoisotopic (exact) mass is 315 g/mol. The summed E-state index contributed by atoms with van der Waals surface area (Å²) >= 11 is 0. The van der Waals surface area contributed by atoms with E-state index >= 15 is 0 Å². The first kappa shape index (κ1) is 15.7. The number of hydrogen-bond donors (Lipinski definition) is 2. The first-order chi connectivity index (χ1) is 10.3. The van der Waals surface area contributed by atoms with Crippen molar-refractivity contribution in [2.24, 2.45) is 0 Å². The summed E-state index contributed by atoms with van der Waals surface area (Å²) < 4.78 is 45.5. The van der Waals surface area contributed by atoms with Crippen molar-refractivity contribution in [3.63, 3.8) is 0 Å². The van der Waals surface area contributed by atoms with Gasteiger partial charge >= 0.3 is 12.4 Å². The number of benzene rings is 1. The predicted octanol–water partition coefficient (Wildman–Crippen LogP) is 3.20. The van der Waals surface area contributed by atoms with Crippen molar-refractivity contribution in [2.45, 2.75) is 19.8 Å². The Hall–Kier alpha value is -2.71. The average molecular weight is 315 g/mol. The zero-order chi connectivity index (χ0) is 16.2. The fourth-order valence-corrected chi connectivity index (χ4v) is 1.64. The van der Waals surface area contributed by atoms with Crippen molar-refractivity contribution < 1.29 is 27.2 Å². The SMILES string of the molecule is Cc1cc(NC(=O)NCc2ccccc2OC(F)(F)F)no1. The summed E-state index contributed by atoms with van der Waals surface area (Å²) in [5.74, 6) is 0.349. The van der Waals surface area contributed by atoms with E-state index in [0.29, 0.717) is 5.76 Å². The highest BCUT2D eigenvalue weighted by molar-refractivity contribution is 5.88. The molecule has 1 aromatic carbocycles. The summed E-state index contributed by atoms with van der Waals surface area (Å²) in [6.45, 7) is 1.51. The second-order valence-electron chi connectivity index (χ2n) is 4.29. The Bertz CT molecular complexity index is 655. The number of carbonyl (C=O) groups excluding carboxylic acids is 1. The Labute approximate surface area is 123 Å². The zero-order valence-corrected chi connectivity index (χ0v) is 11.4. The van der Waals surface area contributed by atoms with Gasteiger partial charge in [0.15, 0.2) is 5.82 Å². The topological polar surface area (TPSA) is 76.4 Å². The third kappa shape index (κ3) is 4.69. The maximum Gasteiger partial charge on any atom is 0.573 e. The number of alkyl halides is 3. The van der Waals surface area contributed by atoms with Gasteiger partial charge in [0.05, 0.1) is 0 Å². The molecule has 22 heavy (non-hydrogen) atoms. The zero-order valence-electron chi connectivity index (χ0n) is 11.4. The molecule has 0 aliphatic heterocycles. The number of rotatable bonds is 4. The van der Waals surface area contributed by atoms with E-state index < -0.39 is 12.4 Å². The lowest BCUT2D eigenvalue weighted by molar-refractivity contribution is -0.274. The van der Waals surface area contributed by atoms with E-state index in [1.165, 1.54) is 24.3 Å². The number of amides is 2. The maximum absolute atomic E-state index is 12.3. The lowest BCUT2D eigenvalue weighted by Gasteiger charge is -2.13. The largest absolute Gasteiger partial charge is 0.573 e. The average Bonchev–Trinajstić information content (AvgIpc) is 2.81. The molecule has 0 saturated heterocycles. The molecule has 0 radical (unpaired) electrons. The number of carbonyl (C=O) groups is 1. The molecule has 0 atom stereocenters. The van der Waals surface area contributed by atoms with E-state index in [1.54, 1.807) is 13.0 Å². The van der Waals surface area contributed by atoms with Gasteiger partial charge < -0.3 is 14.6 Å². The van der Waals surface area contributed by atoms with Crippen molar-refractivity contribution in [3.05, 3.63) is 41.7 Å². The molecule has 0 unspecified atom stereocenters. The number of halogens is 3. The molecule has 0 saturated carbocycles. The van der Waals surface area contributed by atoms with Crippen LogP contribution >= 0.6 is 0 Å². The van der Waals surface area contributed by atoms with Gasteiger partial charge in [0, 0.05) is 18.2 Å². The Morgan fingerprint density at radius 2 is 2.09 bits per heavy atom. The van der Waals surface area contributed by atoms with Crippen LogP contribution in [0.3, 0.4) is 0 Å². The summed E-state index contributed by atoms with van der Waals surface area (Å²) in [5.41, 5.74) is 0.186. The summed E-state index contributed by atoms with van der Waals surface area (Å²) in [6, 6.07) is 6.41. The van der Waals surface area contributed by atoms with Crippen LogP contribution in [0.25, 0.3) is 0 Å². The van der Waals surface area contributed by atoms with Gasteiger partial charge in [-0.2, -0.15) is 0 Å². The molecule has 2 amide bonds. The Kier molecular flexibility index (Phi) is 4.54. The molecule has 1 heterocycles. The van der Waals surface area contributed by atoms with Gasteiger partial charge in [0.1, 0.15) is 11.5 Å². The summed E-state index contributed by atoms with van der Waals surface area (Å²) in [6.07, 6.45) is -4.80. The normalized spacial score (nSPS) is 11.1. The van der Waals surface area contributed by atoms with Crippen LogP contribution in [0.2, 0.25) is 0 Å². The lowest BCUT2D eigenvalue weighted by atomic mass is 10.2. The summed E-state index contributed by atoms with van der Waals surface area (Å²) in [5, 5.41) is 8.34. The van der Waals surface area contributed by atoms with Crippen LogP contribution in [-0.4, -0.2) is 17.6 Å². The number of aromatic nitrogens is 1. The van der Waals surface area contributed by atoms with Crippen molar-refractivity contribution in [1.82, 2.24) is 10.5 Å². The molecule has 2 N–H and O–H groups in total. The van der Waals surface area contributed by atoms with Crippen LogP contribution in [0.4, 0.5) is 23.8 Å². The molecule has 0 aliphatic carbocycles. The third-order valence-electron chi connectivity index (χ3n) is 2.51. The van der Waals surface area contributed by atoms with Crippen molar-refractivity contribution in [2.75, 3.05) is 5.32 Å². The van der Waals surface area contributed by atoms with Gasteiger partial charge in [-0.15, -0.1) is 13.2 Å². The van der Waals surface area contributed by atoms with E-state index in [-0.39, 0.29) is 23.7 Å². The van der Waals surface area contributed by atoms with Crippen LogP contribution in [0.15, 0.2) is 34.9 Å². The molecule has 2 rings (SSSR count). The third-order valence-corrected chi connectivity index (χ3v) is 2.51. The van der Waals surface area contributed by atoms with Crippen LogP contribution in [-0.2, 0) is 6.54 Å². The number of para-hydroxylation sites is 1. The van der Waals surface area contributed by atoms with Crippen molar-refractivity contribution >= 4 is 11.8 Å². The van der Waals surface area contributed by atoms with Gasteiger partial charge in [-0.1, -0.05) is 23.4 Å². The number of anilines is 1. The minimum atomic E-state index is -4.80. The van der Waals surface area contributed by atoms with E-state index in [4.69, 9.17) is 4.52 Å². The van der Waals surface area contributed by atoms with Crippen molar-refractivity contribution in [1.29, 1.82) is 0 Å². The minimum Gasteiger partial charge on any atom is -0.405 e. The number of nitrogens with zero attached hydrogens (tertiary/aromatic N) is 1. The highest BCUT2D eigenvalue weighted by Crippen LogP contribution is 2.26. The number of urea groups is 1. The van der Waals surface area contributed by atoms with Crippen LogP contribution < -0.4 is 15.4 Å². The van der Waals surface area contributed by atoms with Crippen molar-refractivity contribution in [3.8, 4) is 5.75 Å². The second kappa shape index (κ2) is 6.37. The van der Waals surface area contributed by atoms with Gasteiger partial charge in [-0.05, 0) is 13.0 Å². The van der Waals surface area contributed by atoms with E-state index in [2.05, 4.69) is 20.5 Å². The second-order valence-corrected chi connectivity index (χ2v) is 4.29. The molecule has 118 valence electrons. The molecule has 0 fully saturated rings. The minimum absolute atomic E-state index is 0.144. The smallest absolute Gasteiger partial charge is 0.405 e. The molecular formula is C13H12F3N3O3. The van der Waals surface area contributed by atoms with Gasteiger partial charge in [-0.3, -0.25) is 5.32 Å². The Morgan fingerprint density at radius 3 is 2.73 bits per heavy atom. The molecule has 1 aromatic heterocycles. The van der Waals surface area contributed by atoms with E-state index in [0.717, 1.165) is 0 Å². The van der Waals surface area contributed by atoms with E-state index in [1.807, 2.05) is 0 Å². The lowest BCUT2D eigenvalue weighted by Crippen LogP contribution is -2.29. The van der Waals surface area contributed by atoms with E-state index in [9.17, 15) is 18.0 Å². The van der Waals surface area contributed by atoms with Gasteiger partial charge in [0.2, 0.25) is 0 Å². The first-order valence-corrected chi connectivity index (χ1v) is 6.15. The Morgan fingerprint density at radius 1 is 1.36 bits per heavy atom. The number of hydrogen-bond acceptors (Lipinski definition) is 4. The molecule has 0 bridgehead atoms. The molecule has 9 heteroatoms. The maximum atomic E-state index is 12.3. The van der Waals surface area contributed by atoms with Crippen LogP contribution in [0.5, 0.6) is 5.75 Å². The molecule has 0 spiro atoms. The highest BCUT2D eigenvalue weighted by Gasteiger charge is 2.31. The molecule has 0 aliphatic rings. The fraction of sp³-hybridized carbons (Fsp3) is 0.231. The Balaban J connectivity index is 1.95. The standard InChI is InChI=1S/C13H12F3N3O3/c1-8-6-11(19-22-8)18-12(20)17-7-9-4-2-3-5-10(9)21-13(14,15)16/h2-6H,7H2,1H3,(H2,17,18,19,20). The van der Waals surface area contributed by atoms with Gasteiger partial charge in [-0.25, -0.2) is 4.79 Å².